The van der Waals surface area contributed by atoms with Crippen LogP contribution in [-0.4, -0.2) is 32.7 Å². The molecule has 0 radical (unpaired) electrons. The van der Waals surface area contributed by atoms with Crippen LogP contribution >= 0.6 is 47.3 Å². The summed E-state index contributed by atoms with van der Waals surface area (Å²) in [7, 11) is 0. The number of hydrogen-bond acceptors (Lipinski definition) is 5. The molecule has 0 saturated carbocycles. The Kier molecular flexibility index (Phi) is 6.03. The minimum atomic E-state index is -1.10. The summed E-state index contributed by atoms with van der Waals surface area (Å²) in [6.45, 7) is -0.427. The Bertz CT molecular complexity index is 912. The van der Waals surface area contributed by atoms with E-state index in [0.29, 0.717) is 9.93 Å². The number of thioether (sulfide) groups is 1. The van der Waals surface area contributed by atoms with Gasteiger partial charge in [0.05, 0.1) is 4.91 Å². The van der Waals surface area contributed by atoms with Crippen molar-refractivity contribution in [3.63, 3.8) is 0 Å². The first-order chi connectivity index (χ1) is 12.4. The van der Waals surface area contributed by atoms with Crippen LogP contribution < -0.4 is 0 Å². The van der Waals surface area contributed by atoms with Gasteiger partial charge in [-0.15, -0.1) is 0 Å². The lowest BCUT2D eigenvalue weighted by Gasteiger charge is -2.10. The highest BCUT2D eigenvalue weighted by atomic mass is 35.5. The molecule has 2 aromatic carbocycles. The lowest BCUT2D eigenvalue weighted by molar-refractivity contribution is -0.140. The maximum atomic E-state index is 12.4. The van der Waals surface area contributed by atoms with Crippen molar-refractivity contribution in [1.29, 1.82) is 0 Å². The summed E-state index contributed by atoms with van der Waals surface area (Å²) in [5.74, 6) is -1.48. The van der Waals surface area contributed by atoms with Crippen LogP contribution in [0.2, 0.25) is 5.02 Å². The van der Waals surface area contributed by atoms with E-state index in [4.69, 9.17) is 28.9 Å². The highest BCUT2D eigenvalue weighted by Crippen LogP contribution is 2.36. The first-order valence-corrected chi connectivity index (χ1v) is 9.85. The number of carboxylic acids is 1. The van der Waals surface area contributed by atoms with Crippen LogP contribution in [0, 0.1) is 0 Å². The van der Waals surface area contributed by atoms with Crippen LogP contribution in [0.3, 0.4) is 0 Å². The van der Waals surface area contributed by atoms with Crippen molar-refractivity contribution in [3.05, 3.63) is 64.0 Å². The largest absolute Gasteiger partial charge is 0.480 e. The Labute approximate surface area is 169 Å². The third kappa shape index (κ3) is 4.48. The minimum Gasteiger partial charge on any atom is -0.480 e. The van der Waals surface area contributed by atoms with Crippen molar-refractivity contribution in [2.24, 2.45) is 0 Å². The lowest BCUT2D eigenvalue weighted by Crippen LogP contribution is -2.33. The topological polar surface area (TPSA) is 57.6 Å². The van der Waals surface area contributed by atoms with E-state index in [1.807, 2.05) is 48.5 Å². The molecule has 0 aromatic heterocycles. The number of hydrogen-bond donors (Lipinski definition) is 1. The van der Waals surface area contributed by atoms with Crippen molar-refractivity contribution < 1.29 is 14.7 Å². The number of nitrogens with zero attached hydrogens (tertiary/aromatic N) is 1. The van der Waals surface area contributed by atoms with Gasteiger partial charge in [0.1, 0.15) is 10.9 Å². The highest BCUT2D eigenvalue weighted by Gasteiger charge is 2.33. The molecule has 0 aliphatic carbocycles. The fourth-order valence-corrected chi connectivity index (χ4v) is 4.52. The van der Waals surface area contributed by atoms with E-state index >= 15 is 0 Å². The number of carbonyl (C=O) groups excluding carboxylic acids is 1. The molecule has 8 heteroatoms. The van der Waals surface area contributed by atoms with Gasteiger partial charge in [-0.3, -0.25) is 14.5 Å². The molecule has 4 nitrogen and oxygen atoms in total. The smallest absolute Gasteiger partial charge is 0.323 e. The highest BCUT2D eigenvalue weighted by molar-refractivity contribution is 8.26. The summed E-state index contributed by atoms with van der Waals surface area (Å²) in [5.41, 5.74) is 0.864. The molecule has 0 unspecified atom stereocenters. The Morgan fingerprint density at radius 2 is 1.92 bits per heavy atom. The number of rotatable bonds is 5. The molecule has 0 spiro atoms. The molecule has 1 aliphatic heterocycles. The van der Waals surface area contributed by atoms with Crippen molar-refractivity contribution >= 4 is 69.6 Å². The van der Waals surface area contributed by atoms with Gasteiger partial charge in [0, 0.05) is 14.8 Å². The van der Waals surface area contributed by atoms with Crippen LogP contribution in [0.5, 0.6) is 0 Å². The number of aliphatic carboxylic acids is 1. The molecule has 132 valence electrons. The van der Waals surface area contributed by atoms with E-state index in [2.05, 4.69) is 0 Å². The summed E-state index contributed by atoms with van der Waals surface area (Å²) in [4.78, 5) is 26.8. The predicted octanol–water partition coefficient (Wildman–Crippen LogP) is 4.78. The van der Waals surface area contributed by atoms with Gasteiger partial charge in [0.25, 0.3) is 5.91 Å². The quantitative estimate of drug-likeness (QED) is 0.554. The van der Waals surface area contributed by atoms with E-state index < -0.39 is 12.5 Å². The zero-order valence-corrected chi connectivity index (χ0v) is 16.4. The van der Waals surface area contributed by atoms with Gasteiger partial charge in [-0.1, -0.05) is 65.5 Å². The fraction of sp³-hybridized carbons (Fsp3) is 0.0556. The molecule has 1 N–H and O–H groups in total. The molecular formula is C18H12ClNO3S3. The molecule has 1 heterocycles. The normalized spacial score (nSPS) is 15.7. The predicted molar refractivity (Wildman–Crippen MR) is 110 cm³/mol. The zero-order chi connectivity index (χ0) is 18.7. The second-order valence-corrected chi connectivity index (χ2v) is 8.48. The van der Waals surface area contributed by atoms with E-state index in [1.165, 1.54) is 0 Å². The minimum absolute atomic E-state index is 0.256. The van der Waals surface area contributed by atoms with Crippen LogP contribution in [0.15, 0.2) is 63.2 Å². The van der Waals surface area contributed by atoms with Crippen LogP contribution in [-0.2, 0) is 9.59 Å². The third-order valence-corrected chi connectivity index (χ3v) is 6.14. The number of halogens is 1. The van der Waals surface area contributed by atoms with Gasteiger partial charge in [0.2, 0.25) is 0 Å². The molecule has 3 rings (SSSR count). The Hall–Kier alpha value is -1.80. The summed E-state index contributed by atoms with van der Waals surface area (Å²) in [5, 5.41) is 9.59. The SMILES string of the molecule is O=C(O)CN1C(=O)/C(=C\c2ccccc2Sc2ccc(Cl)cc2)SC1=S. The number of benzene rings is 2. The second-order valence-electron chi connectivity index (χ2n) is 5.26. The second kappa shape index (κ2) is 8.26. The number of thiocarbonyl (C=S) groups is 1. The monoisotopic (exact) mass is 421 g/mol. The fourth-order valence-electron chi connectivity index (χ4n) is 2.24. The maximum Gasteiger partial charge on any atom is 0.323 e. The van der Waals surface area contributed by atoms with Crippen LogP contribution in [0.25, 0.3) is 6.08 Å². The molecule has 1 aliphatic rings. The molecule has 26 heavy (non-hydrogen) atoms. The molecule has 1 fully saturated rings. The van der Waals surface area contributed by atoms with Gasteiger partial charge in [0.15, 0.2) is 0 Å². The van der Waals surface area contributed by atoms with Gasteiger partial charge >= 0.3 is 5.97 Å². The maximum absolute atomic E-state index is 12.4. The van der Waals surface area contributed by atoms with Crippen LogP contribution in [0.4, 0.5) is 0 Å². The van der Waals surface area contributed by atoms with Gasteiger partial charge in [-0.2, -0.15) is 0 Å². The average molecular weight is 422 g/mol. The summed E-state index contributed by atoms with van der Waals surface area (Å²) < 4.78 is 0.256. The summed E-state index contributed by atoms with van der Waals surface area (Å²) >= 11 is 13.7. The number of amides is 1. The van der Waals surface area contributed by atoms with Crippen LogP contribution in [0.1, 0.15) is 5.56 Å². The number of carboxylic acid groups (broad SMARTS) is 1. The van der Waals surface area contributed by atoms with E-state index in [9.17, 15) is 9.59 Å². The molecule has 2 aromatic rings. The Morgan fingerprint density at radius 1 is 1.23 bits per heavy atom. The van der Waals surface area contributed by atoms with E-state index in [0.717, 1.165) is 32.0 Å². The molecular weight excluding hydrogens is 410 g/mol. The van der Waals surface area contributed by atoms with Gasteiger partial charge in [-0.05, 0) is 42.0 Å². The number of carbonyl (C=O) groups is 2. The summed E-state index contributed by atoms with van der Waals surface area (Å²) in [6.07, 6.45) is 1.75. The first-order valence-electron chi connectivity index (χ1n) is 7.43. The third-order valence-electron chi connectivity index (χ3n) is 3.41. The molecule has 0 bridgehead atoms. The Balaban J connectivity index is 1.87. The lowest BCUT2D eigenvalue weighted by atomic mass is 10.2. The van der Waals surface area contributed by atoms with Crippen molar-refractivity contribution in [1.82, 2.24) is 4.90 Å². The van der Waals surface area contributed by atoms with Crippen molar-refractivity contribution in [3.8, 4) is 0 Å². The summed E-state index contributed by atoms with van der Waals surface area (Å²) in [6, 6.07) is 15.2. The molecule has 1 amide bonds. The first kappa shape index (κ1) is 19.0. The molecule has 1 saturated heterocycles. The molecule has 0 atom stereocenters. The van der Waals surface area contributed by atoms with Crippen molar-refractivity contribution in [2.75, 3.05) is 6.54 Å². The standard InChI is InChI=1S/C18H12ClNO3S3/c19-12-5-7-13(8-6-12)25-14-4-2-1-3-11(14)9-15-17(23)20(10-16(21)22)18(24)26-15/h1-9H,10H2,(H,21,22)/b15-9+. The Morgan fingerprint density at radius 3 is 2.62 bits per heavy atom. The zero-order valence-electron chi connectivity index (χ0n) is 13.2. The van der Waals surface area contributed by atoms with E-state index in [-0.39, 0.29) is 10.2 Å². The average Bonchev–Trinajstić information content (AvgIpc) is 2.86. The van der Waals surface area contributed by atoms with E-state index in [1.54, 1.807) is 17.8 Å². The van der Waals surface area contributed by atoms with Crippen molar-refractivity contribution in [2.45, 2.75) is 9.79 Å². The van der Waals surface area contributed by atoms with Gasteiger partial charge in [-0.25, -0.2) is 0 Å². The van der Waals surface area contributed by atoms with Gasteiger partial charge < -0.3 is 5.11 Å².